The van der Waals surface area contributed by atoms with E-state index in [9.17, 15) is 13.2 Å². The van der Waals surface area contributed by atoms with Crippen molar-refractivity contribution in [3.63, 3.8) is 0 Å². The second-order valence-corrected chi connectivity index (χ2v) is 8.25. The highest BCUT2D eigenvalue weighted by molar-refractivity contribution is 7.89. The first-order chi connectivity index (χ1) is 13.9. The van der Waals surface area contributed by atoms with Crippen molar-refractivity contribution < 1.29 is 13.2 Å². The first kappa shape index (κ1) is 20.5. The van der Waals surface area contributed by atoms with Crippen LogP contribution in [0.2, 0.25) is 0 Å². The molecule has 0 saturated heterocycles. The summed E-state index contributed by atoms with van der Waals surface area (Å²) in [6.07, 6.45) is 6.56. The van der Waals surface area contributed by atoms with Gasteiger partial charge in [0, 0.05) is 25.5 Å². The Balaban J connectivity index is 1.76. The maximum absolute atomic E-state index is 12.5. The minimum Gasteiger partial charge on any atom is -0.339 e. The molecule has 8 heteroatoms. The average molecular weight is 410 g/mol. The Morgan fingerprint density at radius 1 is 1.10 bits per heavy atom. The molecule has 0 spiro atoms. The van der Waals surface area contributed by atoms with Crippen molar-refractivity contribution >= 4 is 22.0 Å². The lowest BCUT2D eigenvalue weighted by Crippen LogP contribution is -2.29. The summed E-state index contributed by atoms with van der Waals surface area (Å²) in [5.74, 6) is 0.438. The van der Waals surface area contributed by atoms with Crippen molar-refractivity contribution in [2.24, 2.45) is 7.05 Å². The molecule has 2 aromatic carbocycles. The van der Waals surface area contributed by atoms with Gasteiger partial charge in [0.15, 0.2) is 0 Å². The molecule has 0 bridgehead atoms. The third-order valence-corrected chi connectivity index (χ3v) is 5.85. The quantitative estimate of drug-likeness (QED) is 0.584. The Bertz CT molecular complexity index is 1100. The van der Waals surface area contributed by atoms with Crippen LogP contribution in [0, 0.1) is 0 Å². The predicted octanol–water partition coefficient (Wildman–Crippen LogP) is 2.25. The molecule has 0 saturated carbocycles. The SMILES string of the molecule is CNS(=O)(=O)c1ccc(/C=C/C(=O)NC(c2ccccc2)c2nccn2C)cc1. The molecule has 1 amide bonds. The number of hydrogen-bond acceptors (Lipinski definition) is 4. The minimum absolute atomic E-state index is 0.167. The first-order valence-electron chi connectivity index (χ1n) is 8.95. The largest absolute Gasteiger partial charge is 0.339 e. The van der Waals surface area contributed by atoms with Crippen LogP contribution in [0.15, 0.2) is 78.0 Å². The second kappa shape index (κ2) is 8.85. The number of benzene rings is 2. The summed E-state index contributed by atoms with van der Waals surface area (Å²) in [4.78, 5) is 17.1. The third kappa shape index (κ3) is 4.98. The number of imidazole rings is 1. The number of rotatable bonds is 7. The van der Waals surface area contributed by atoms with E-state index >= 15 is 0 Å². The van der Waals surface area contributed by atoms with Crippen LogP contribution in [0.5, 0.6) is 0 Å². The highest BCUT2D eigenvalue weighted by Crippen LogP contribution is 2.20. The number of aryl methyl sites for hydroxylation is 1. The van der Waals surface area contributed by atoms with Gasteiger partial charge >= 0.3 is 0 Å². The fourth-order valence-electron chi connectivity index (χ4n) is 2.84. The number of nitrogens with zero attached hydrogens (tertiary/aromatic N) is 2. The third-order valence-electron chi connectivity index (χ3n) is 4.42. The topological polar surface area (TPSA) is 93.1 Å². The van der Waals surface area contributed by atoms with Crippen molar-refractivity contribution in [2.45, 2.75) is 10.9 Å². The Kier molecular flexibility index (Phi) is 6.26. The van der Waals surface area contributed by atoms with E-state index in [1.54, 1.807) is 24.4 Å². The summed E-state index contributed by atoms with van der Waals surface area (Å²) in [5, 5.41) is 2.98. The second-order valence-electron chi connectivity index (χ2n) is 6.36. The summed E-state index contributed by atoms with van der Waals surface area (Å²) in [7, 11) is -0.249. The van der Waals surface area contributed by atoms with E-state index in [1.165, 1.54) is 25.3 Å². The summed E-state index contributed by atoms with van der Waals surface area (Å²) >= 11 is 0. The van der Waals surface area contributed by atoms with Gasteiger partial charge in [0.1, 0.15) is 11.9 Å². The fraction of sp³-hybridized carbons (Fsp3) is 0.143. The molecule has 29 heavy (non-hydrogen) atoms. The van der Waals surface area contributed by atoms with Gasteiger partial charge in [0.25, 0.3) is 0 Å². The van der Waals surface area contributed by atoms with Crippen LogP contribution in [0.25, 0.3) is 6.08 Å². The van der Waals surface area contributed by atoms with Crippen molar-refractivity contribution in [1.29, 1.82) is 0 Å². The first-order valence-corrected chi connectivity index (χ1v) is 10.4. The number of carbonyl (C=O) groups excluding carboxylic acids is 1. The minimum atomic E-state index is -3.48. The molecule has 1 atom stereocenters. The predicted molar refractivity (Wildman–Crippen MR) is 111 cm³/mol. The van der Waals surface area contributed by atoms with Gasteiger partial charge in [0.2, 0.25) is 15.9 Å². The Morgan fingerprint density at radius 2 is 1.79 bits per heavy atom. The smallest absolute Gasteiger partial charge is 0.244 e. The van der Waals surface area contributed by atoms with Gasteiger partial charge in [-0.2, -0.15) is 0 Å². The zero-order chi connectivity index (χ0) is 20.9. The van der Waals surface area contributed by atoms with Gasteiger partial charge in [-0.15, -0.1) is 0 Å². The molecule has 1 heterocycles. The van der Waals surface area contributed by atoms with Crippen LogP contribution in [0.3, 0.4) is 0 Å². The number of amides is 1. The highest BCUT2D eigenvalue weighted by atomic mass is 32.2. The van der Waals surface area contributed by atoms with Gasteiger partial charge in [-0.25, -0.2) is 18.1 Å². The summed E-state index contributed by atoms with van der Waals surface area (Å²) in [6, 6.07) is 15.5. The van der Waals surface area contributed by atoms with Crippen molar-refractivity contribution in [1.82, 2.24) is 19.6 Å². The van der Waals surface area contributed by atoms with E-state index in [0.717, 1.165) is 11.4 Å². The number of aromatic nitrogens is 2. The molecule has 7 nitrogen and oxygen atoms in total. The molecule has 0 aliphatic rings. The van der Waals surface area contributed by atoms with E-state index < -0.39 is 16.1 Å². The van der Waals surface area contributed by atoms with Crippen LogP contribution >= 0.6 is 0 Å². The molecular weight excluding hydrogens is 388 g/mol. The zero-order valence-corrected chi connectivity index (χ0v) is 16.9. The Hall–Kier alpha value is -3.23. The van der Waals surface area contributed by atoms with Gasteiger partial charge in [-0.1, -0.05) is 42.5 Å². The number of nitrogens with one attached hydrogen (secondary N) is 2. The van der Waals surface area contributed by atoms with E-state index in [0.29, 0.717) is 5.56 Å². The maximum Gasteiger partial charge on any atom is 0.244 e. The standard InChI is InChI=1S/C21H22N4O3S/c1-22-29(27,28)18-11-8-16(9-12-18)10-13-19(26)24-20(17-6-4-3-5-7-17)21-23-14-15-25(21)2/h3-15,20,22H,1-2H3,(H,24,26)/b13-10+. The fourth-order valence-corrected chi connectivity index (χ4v) is 3.57. The molecule has 2 N–H and O–H groups in total. The molecule has 3 rings (SSSR count). The average Bonchev–Trinajstić information content (AvgIpc) is 3.17. The highest BCUT2D eigenvalue weighted by Gasteiger charge is 2.19. The molecule has 150 valence electrons. The van der Waals surface area contributed by atoms with E-state index in [4.69, 9.17) is 0 Å². The molecule has 0 aliphatic carbocycles. The van der Waals surface area contributed by atoms with E-state index in [2.05, 4.69) is 15.0 Å². The Labute approximate surface area is 170 Å². The molecule has 0 aliphatic heterocycles. The lowest BCUT2D eigenvalue weighted by Gasteiger charge is -2.18. The summed E-state index contributed by atoms with van der Waals surface area (Å²) in [5.41, 5.74) is 1.63. The van der Waals surface area contributed by atoms with Crippen LogP contribution < -0.4 is 10.0 Å². The Morgan fingerprint density at radius 3 is 2.38 bits per heavy atom. The van der Waals surface area contributed by atoms with Crippen molar-refractivity contribution in [3.05, 3.63) is 90.0 Å². The monoisotopic (exact) mass is 410 g/mol. The lowest BCUT2D eigenvalue weighted by molar-refractivity contribution is -0.117. The van der Waals surface area contributed by atoms with Gasteiger partial charge in [-0.3, -0.25) is 4.79 Å². The molecule has 1 aromatic heterocycles. The number of sulfonamides is 1. The molecule has 0 fully saturated rings. The molecule has 0 radical (unpaired) electrons. The van der Waals surface area contributed by atoms with Crippen molar-refractivity contribution in [2.75, 3.05) is 7.05 Å². The van der Waals surface area contributed by atoms with Crippen LogP contribution in [-0.2, 0) is 21.9 Å². The zero-order valence-electron chi connectivity index (χ0n) is 16.1. The van der Waals surface area contributed by atoms with E-state index in [-0.39, 0.29) is 10.8 Å². The van der Waals surface area contributed by atoms with Gasteiger partial charge in [-0.05, 0) is 36.4 Å². The molecule has 3 aromatic rings. The van der Waals surface area contributed by atoms with E-state index in [1.807, 2.05) is 48.1 Å². The maximum atomic E-state index is 12.5. The summed E-state index contributed by atoms with van der Waals surface area (Å²) in [6.45, 7) is 0. The van der Waals surface area contributed by atoms with Crippen LogP contribution in [0.1, 0.15) is 23.0 Å². The normalized spacial score (nSPS) is 12.8. The van der Waals surface area contributed by atoms with Gasteiger partial charge < -0.3 is 9.88 Å². The van der Waals surface area contributed by atoms with Crippen LogP contribution in [0.4, 0.5) is 0 Å². The lowest BCUT2D eigenvalue weighted by atomic mass is 10.1. The summed E-state index contributed by atoms with van der Waals surface area (Å²) < 4.78 is 27.7. The molecule has 1 unspecified atom stereocenters. The number of hydrogen-bond donors (Lipinski definition) is 2. The van der Waals surface area contributed by atoms with Gasteiger partial charge in [0.05, 0.1) is 4.90 Å². The van der Waals surface area contributed by atoms with Crippen LogP contribution in [-0.4, -0.2) is 30.9 Å². The van der Waals surface area contributed by atoms with Crippen molar-refractivity contribution in [3.8, 4) is 0 Å². The molecular formula is C21H22N4O3S. The number of carbonyl (C=O) groups is 1.